The normalized spacial score (nSPS) is 41.7. The van der Waals surface area contributed by atoms with E-state index in [1.807, 2.05) is 0 Å². The van der Waals surface area contributed by atoms with Crippen LogP contribution in [0, 0.1) is 28.6 Å². The molecule has 0 amide bonds. The molecule has 1 heteroatoms. The number of benzene rings is 1. The number of allylic oxidation sites excluding steroid dienone is 9. The second kappa shape index (κ2) is 6.86. The molecular formula is C31H37N. The van der Waals surface area contributed by atoms with Gasteiger partial charge in [-0.1, -0.05) is 87.9 Å². The largest absolute Gasteiger partial charge is 0.389 e. The Labute approximate surface area is 194 Å². The van der Waals surface area contributed by atoms with Crippen LogP contribution >= 0.6 is 0 Å². The van der Waals surface area contributed by atoms with Gasteiger partial charge in [0.25, 0.3) is 0 Å². The average molecular weight is 424 g/mol. The summed E-state index contributed by atoms with van der Waals surface area (Å²) in [5.74, 6) is 2.12. The second-order valence-electron chi connectivity index (χ2n) is 11.6. The molecule has 1 N–H and O–H groups in total. The minimum absolute atomic E-state index is 0.0660. The summed E-state index contributed by atoms with van der Waals surface area (Å²) in [6, 6.07) is 9.85. The second-order valence-corrected chi connectivity index (χ2v) is 11.6. The van der Waals surface area contributed by atoms with Crippen molar-refractivity contribution in [1.29, 1.82) is 0 Å². The molecule has 0 radical (unpaired) electrons. The van der Waals surface area contributed by atoms with Gasteiger partial charge in [0.15, 0.2) is 0 Å². The first kappa shape index (κ1) is 20.3. The number of hydrogen-bond acceptors (Lipinski definition) is 1. The van der Waals surface area contributed by atoms with Crippen LogP contribution in [0.2, 0.25) is 0 Å². The molecule has 0 aromatic heterocycles. The van der Waals surface area contributed by atoms with Gasteiger partial charge < -0.3 is 5.32 Å². The molecule has 0 spiro atoms. The predicted molar refractivity (Wildman–Crippen MR) is 135 cm³/mol. The smallest absolute Gasteiger partial charge is 0.0233 e. The third-order valence-electron chi connectivity index (χ3n) is 9.53. The third-order valence-corrected chi connectivity index (χ3v) is 9.53. The van der Waals surface area contributed by atoms with Gasteiger partial charge in [0, 0.05) is 23.3 Å². The van der Waals surface area contributed by atoms with E-state index in [4.69, 9.17) is 0 Å². The van der Waals surface area contributed by atoms with E-state index in [0.29, 0.717) is 29.7 Å². The van der Waals surface area contributed by atoms with E-state index in [-0.39, 0.29) is 10.8 Å². The highest BCUT2D eigenvalue weighted by Crippen LogP contribution is 2.71. The van der Waals surface area contributed by atoms with Gasteiger partial charge in [-0.3, -0.25) is 0 Å². The molecule has 6 rings (SSSR count). The zero-order valence-corrected chi connectivity index (χ0v) is 20.3. The summed E-state index contributed by atoms with van der Waals surface area (Å²) in [5, 5.41) is 3.68. The van der Waals surface area contributed by atoms with Crippen LogP contribution in [-0.2, 0) is 0 Å². The van der Waals surface area contributed by atoms with Gasteiger partial charge in [-0.15, -0.1) is 0 Å². The van der Waals surface area contributed by atoms with E-state index in [2.05, 4.69) is 101 Å². The first-order valence-electron chi connectivity index (χ1n) is 12.7. The summed E-state index contributed by atoms with van der Waals surface area (Å²) >= 11 is 0. The molecule has 7 atom stereocenters. The molecule has 32 heavy (non-hydrogen) atoms. The first-order valence-corrected chi connectivity index (χ1v) is 12.7. The molecule has 0 bridgehead atoms. The van der Waals surface area contributed by atoms with Crippen molar-refractivity contribution >= 4 is 5.57 Å². The van der Waals surface area contributed by atoms with Crippen molar-refractivity contribution in [3.63, 3.8) is 0 Å². The van der Waals surface area contributed by atoms with Gasteiger partial charge in [0.2, 0.25) is 0 Å². The standard InChI is InChI=1S/C31H37N/c1-19-10-8-14-23-22-12-6-7-13-24(22)29-30(4)18-21(3)32-17-16-26(30)25-15-9-11-20(2)28(25)31(29,5)27(19)23/h6-9,12-17,19-21,26,29,32H,10-11,18H2,1-5H3. The molecule has 0 saturated carbocycles. The van der Waals surface area contributed by atoms with Crippen molar-refractivity contribution in [2.24, 2.45) is 28.6 Å². The SMILES string of the molecule is CC1CC2(C)C(C=CN1)C1=C(C(C)CC=C1)C1(C)C3=C(C=CCC3C)c3ccccc3C12. The number of fused-ring (bicyclic) bond motifs is 9. The third kappa shape index (κ3) is 2.46. The molecule has 0 saturated heterocycles. The fourth-order valence-electron chi connectivity index (χ4n) is 8.78. The van der Waals surface area contributed by atoms with Gasteiger partial charge in [-0.25, -0.2) is 0 Å². The van der Waals surface area contributed by atoms with Crippen molar-refractivity contribution in [2.45, 2.75) is 65.8 Å². The van der Waals surface area contributed by atoms with Crippen LogP contribution in [0.25, 0.3) is 5.57 Å². The van der Waals surface area contributed by atoms with Crippen molar-refractivity contribution in [3.8, 4) is 0 Å². The lowest BCUT2D eigenvalue weighted by Gasteiger charge is -2.62. The van der Waals surface area contributed by atoms with Gasteiger partial charge in [0.1, 0.15) is 0 Å². The number of hydrogen-bond donors (Lipinski definition) is 1. The molecule has 0 fully saturated rings. The Morgan fingerprint density at radius 1 is 0.906 bits per heavy atom. The molecule has 5 aliphatic rings. The van der Waals surface area contributed by atoms with E-state index in [0.717, 1.165) is 12.8 Å². The van der Waals surface area contributed by atoms with Crippen molar-refractivity contribution in [3.05, 3.63) is 88.7 Å². The highest BCUT2D eigenvalue weighted by atomic mass is 14.9. The Hall–Kier alpha value is -2.28. The Kier molecular flexibility index (Phi) is 4.36. The lowest BCUT2D eigenvalue weighted by Crippen LogP contribution is -2.53. The minimum Gasteiger partial charge on any atom is -0.389 e. The van der Waals surface area contributed by atoms with Crippen molar-refractivity contribution < 1.29 is 0 Å². The summed E-state index contributed by atoms with van der Waals surface area (Å²) in [4.78, 5) is 0. The zero-order chi connectivity index (χ0) is 22.3. The van der Waals surface area contributed by atoms with Crippen LogP contribution in [0.4, 0.5) is 0 Å². The monoisotopic (exact) mass is 423 g/mol. The maximum atomic E-state index is 3.68. The lowest BCUT2D eigenvalue weighted by molar-refractivity contribution is 0.0751. The van der Waals surface area contributed by atoms with Crippen LogP contribution in [-0.4, -0.2) is 6.04 Å². The molecule has 1 aliphatic heterocycles. The summed E-state index contributed by atoms with van der Waals surface area (Å²) in [6.07, 6.45) is 18.1. The topological polar surface area (TPSA) is 12.0 Å². The van der Waals surface area contributed by atoms with Crippen LogP contribution in [0.5, 0.6) is 0 Å². The quantitative estimate of drug-likeness (QED) is 0.454. The van der Waals surface area contributed by atoms with E-state index < -0.39 is 0 Å². The Bertz CT molecular complexity index is 1130. The Morgan fingerprint density at radius 3 is 2.44 bits per heavy atom. The van der Waals surface area contributed by atoms with E-state index in [1.165, 1.54) is 17.6 Å². The van der Waals surface area contributed by atoms with Crippen LogP contribution in [0.1, 0.15) is 70.9 Å². The molecule has 1 aromatic carbocycles. The fourth-order valence-corrected chi connectivity index (χ4v) is 8.78. The maximum Gasteiger partial charge on any atom is 0.0233 e. The van der Waals surface area contributed by atoms with Crippen molar-refractivity contribution in [1.82, 2.24) is 5.32 Å². The summed E-state index contributed by atoms with van der Waals surface area (Å²) < 4.78 is 0. The van der Waals surface area contributed by atoms with E-state index >= 15 is 0 Å². The Morgan fingerprint density at radius 2 is 1.62 bits per heavy atom. The highest BCUT2D eigenvalue weighted by molar-refractivity contribution is 5.85. The molecule has 4 aliphatic carbocycles. The first-order chi connectivity index (χ1) is 15.4. The van der Waals surface area contributed by atoms with Gasteiger partial charge in [-0.05, 0) is 77.5 Å². The Balaban J connectivity index is 1.76. The molecule has 1 aromatic rings. The molecular weight excluding hydrogens is 386 g/mol. The summed E-state index contributed by atoms with van der Waals surface area (Å²) in [5.41, 5.74) is 9.87. The fraction of sp³-hybridized carbons (Fsp3) is 0.484. The lowest BCUT2D eigenvalue weighted by atomic mass is 9.40. The predicted octanol–water partition coefficient (Wildman–Crippen LogP) is 7.56. The highest BCUT2D eigenvalue weighted by Gasteiger charge is 2.61. The zero-order valence-electron chi connectivity index (χ0n) is 20.3. The molecule has 166 valence electrons. The summed E-state index contributed by atoms with van der Waals surface area (Å²) in [7, 11) is 0. The van der Waals surface area contributed by atoms with E-state index in [9.17, 15) is 0 Å². The van der Waals surface area contributed by atoms with Crippen LogP contribution in [0.15, 0.2) is 77.6 Å². The average Bonchev–Trinajstić information content (AvgIpc) is 2.91. The maximum absolute atomic E-state index is 3.68. The van der Waals surface area contributed by atoms with Gasteiger partial charge in [-0.2, -0.15) is 0 Å². The van der Waals surface area contributed by atoms with E-state index in [1.54, 1.807) is 22.3 Å². The number of nitrogens with one attached hydrogen (secondary N) is 1. The van der Waals surface area contributed by atoms with Gasteiger partial charge in [0.05, 0.1) is 0 Å². The van der Waals surface area contributed by atoms with Crippen molar-refractivity contribution in [2.75, 3.05) is 0 Å². The van der Waals surface area contributed by atoms with Crippen LogP contribution in [0.3, 0.4) is 0 Å². The summed E-state index contributed by atoms with van der Waals surface area (Å²) in [6.45, 7) is 12.6. The molecule has 1 heterocycles. The minimum atomic E-state index is 0.0660. The van der Waals surface area contributed by atoms with Crippen LogP contribution < -0.4 is 5.32 Å². The molecule has 1 nitrogen and oxygen atoms in total. The number of rotatable bonds is 0. The van der Waals surface area contributed by atoms with Gasteiger partial charge >= 0.3 is 0 Å². The molecule has 7 unspecified atom stereocenters.